The van der Waals surface area contributed by atoms with E-state index in [9.17, 15) is 4.79 Å². The van der Waals surface area contributed by atoms with Gasteiger partial charge in [-0.05, 0) is 30.4 Å². The van der Waals surface area contributed by atoms with Crippen LogP contribution in [0.25, 0.3) is 0 Å². The van der Waals surface area contributed by atoms with E-state index in [1.807, 2.05) is 10.9 Å². The van der Waals surface area contributed by atoms with E-state index in [2.05, 4.69) is 46.4 Å². The Morgan fingerprint density at radius 3 is 2.43 bits per heavy atom. The van der Waals surface area contributed by atoms with Crippen LogP contribution in [0.5, 0.6) is 0 Å². The van der Waals surface area contributed by atoms with Crippen molar-refractivity contribution in [1.82, 2.24) is 24.8 Å². The van der Waals surface area contributed by atoms with Gasteiger partial charge in [0.25, 0.3) is 5.91 Å². The number of carbonyl (C=O) groups excluding carboxylic acids is 1. The Morgan fingerprint density at radius 2 is 1.75 bits per heavy atom. The van der Waals surface area contributed by atoms with Gasteiger partial charge in [0.15, 0.2) is 5.69 Å². The number of rotatable bonds is 5. The van der Waals surface area contributed by atoms with Crippen LogP contribution in [0.4, 0.5) is 0 Å². The Bertz CT molecular complexity index is 774. The molecule has 4 rings (SSSR count). The number of carbonyl (C=O) groups is 1. The molecule has 0 bridgehead atoms. The third kappa shape index (κ3) is 4.42. The second-order valence-corrected chi connectivity index (χ2v) is 7.67. The topological polar surface area (TPSA) is 63.5 Å². The van der Waals surface area contributed by atoms with Crippen LogP contribution in [0.3, 0.4) is 0 Å². The number of hydrogen-bond acceptors (Lipinski definition) is 5. The lowest BCUT2D eigenvalue weighted by atomic mass is 10.0. The van der Waals surface area contributed by atoms with Crippen LogP contribution in [0.1, 0.15) is 47.4 Å². The average molecular weight is 383 g/mol. The lowest BCUT2D eigenvalue weighted by molar-refractivity contribution is 0.0299. The molecule has 0 aliphatic carbocycles. The maximum atomic E-state index is 12.5. The number of piperidine rings is 1. The highest BCUT2D eigenvalue weighted by molar-refractivity contribution is 5.92. The third-order valence-electron chi connectivity index (χ3n) is 5.80. The first kappa shape index (κ1) is 19.1. The summed E-state index contributed by atoms with van der Waals surface area (Å²) in [5.74, 6) is -0.0393. The predicted molar refractivity (Wildman–Crippen MR) is 106 cm³/mol. The van der Waals surface area contributed by atoms with Crippen LogP contribution in [-0.2, 0) is 17.7 Å². The molecule has 150 valence electrons. The number of aryl methyl sites for hydroxylation is 1. The van der Waals surface area contributed by atoms with E-state index in [0.29, 0.717) is 38.0 Å². The summed E-state index contributed by atoms with van der Waals surface area (Å²) in [6.45, 7) is 7.70. The SMILES string of the molecule is CCc1ccc(CN2CCC(n3cc(C(=O)N4CCOCC4)nn3)CC2)cc1. The molecular weight excluding hydrogens is 354 g/mol. The number of ether oxygens (including phenoxy) is 1. The minimum atomic E-state index is -0.0393. The van der Waals surface area contributed by atoms with E-state index in [-0.39, 0.29) is 5.91 Å². The van der Waals surface area contributed by atoms with Crippen LogP contribution in [0, 0.1) is 0 Å². The van der Waals surface area contributed by atoms with Crippen LogP contribution < -0.4 is 0 Å². The van der Waals surface area contributed by atoms with Gasteiger partial charge in [0.05, 0.1) is 25.5 Å². The number of likely N-dealkylation sites (tertiary alicyclic amines) is 1. The van der Waals surface area contributed by atoms with Crippen molar-refractivity contribution >= 4 is 5.91 Å². The summed E-state index contributed by atoms with van der Waals surface area (Å²) in [5.41, 5.74) is 3.20. The second-order valence-electron chi connectivity index (χ2n) is 7.67. The molecule has 2 aliphatic heterocycles. The average Bonchev–Trinajstić information content (AvgIpc) is 3.25. The molecule has 3 heterocycles. The molecule has 0 unspecified atom stereocenters. The summed E-state index contributed by atoms with van der Waals surface area (Å²) in [6, 6.07) is 9.25. The van der Waals surface area contributed by atoms with Crippen molar-refractivity contribution in [2.45, 2.75) is 38.8 Å². The first-order valence-electron chi connectivity index (χ1n) is 10.3. The van der Waals surface area contributed by atoms with Gasteiger partial charge in [0.1, 0.15) is 0 Å². The summed E-state index contributed by atoms with van der Waals surface area (Å²) in [5, 5.41) is 8.39. The smallest absolute Gasteiger partial charge is 0.276 e. The van der Waals surface area contributed by atoms with Crippen LogP contribution in [0.2, 0.25) is 0 Å². The number of hydrogen-bond donors (Lipinski definition) is 0. The zero-order valence-electron chi connectivity index (χ0n) is 16.6. The molecule has 1 aromatic carbocycles. The van der Waals surface area contributed by atoms with Gasteiger partial charge < -0.3 is 9.64 Å². The largest absolute Gasteiger partial charge is 0.378 e. The van der Waals surface area contributed by atoms with Gasteiger partial charge in [-0.25, -0.2) is 4.68 Å². The van der Waals surface area contributed by atoms with E-state index in [1.54, 1.807) is 4.90 Å². The Hall–Kier alpha value is -2.25. The fraction of sp³-hybridized carbons (Fsp3) is 0.571. The van der Waals surface area contributed by atoms with Gasteiger partial charge >= 0.3 is 0 Å². The van der Waals surface area contributed by atoms with Crippen LogP contribution >= 0.6 is 0 Å². The molecule has 0 N–H and O–H groups in total. The Morgan fingerprint density at radius 1 is 1.07 bits per heavy atom. The summed E-state index contributed by atoms with van der Waals surface area (Å²) >= 11 is 0. The lowest BCUT2D eigenvalue weighted by Gasteiger charge is -2.31. The number of amides is 1. The van der Waals surface area contributed by atoms with Gasteiger partial charge in [-0.2, -0.15) is 0 Å². The summed E-state index contributed by atoms with van der Waals surface area (Å²) in [7, 11) is 0. The van der Waals surface area contributed by atoms with Gasteiger partial charge in [0, 0.05) is 32.7 Å². The predicted octanol–water partition coefficient (Wildman–Crippen LogP) is 2.15. The van der Waals surface area contributed by atoms with Crippen LogP contribution in [0.15, 0.2) is 30.5 Å². The minimum Gasteiger partial charge on any atom is -0.378 e. The zero-order valence-corrected chi connectivity index (χ0v) is 16.6. The zero-order chi connectivity index (χ0) is 19.3. The van der Waals surface area contributed by atoms with Crippen molar-refractivity contribution in [3.63, 3.8) is 0 Å². The maximum Gasteiger partial charge on any atom is 0.276 e. The fourth-order valence-electron chi connectivity index (χ4n) is 3.96. The number of morpholine rings is 1. The van der Waals surface area contributed by atoms with Gasteiger partial charge in [-0.3, -0.25) is 9.69 Å². The van der Waals surface area contributed by atoms with Gasteiger partial charge in [-0.15, -0.1) is 5.10 Å². The number of aromatic nitrogens is 3. The first-order chi connectivity index (χ1) is 13.7. The molecule has 0 atom stereocenters. The molecule has 0 radical (unpaired) electrons. The van der Waals surface area contributed by atoms with Crippen molar-refractivity contribution in [2.75, 3.05) is 39.4 Å². The highest BCUT2D eigenvalue weighted by atomic mass is 16.5. The maximum absolute atomic E-state index is 12.5. The molecule has 28 heavy (non-hydrogen) atoms. The molecule has 2 saturated heterocycles. The molecule has 2 aliphatic rings. The molecular formula is C21H29N5O2. The van der Waals surface area contributed by atoms with E-state index >= 15 is 0 Å². The van der Waals surface area contributed by atoms with Gasteiger partial charge in [-0.1, -0.05) is 36.4 Å². The summed E-state index contributed by atoms with van der Waals surface area (Å²) in [4.78, 5) is 16.8. The molecule has 1 aromatic heterocycles. The molecule has 0 saturated carbocycles. The van der Waals surface area contributed by atoms with E-state index in [1.165, 1.54) is 11.1 Å². The van der Waals surface area contributed by atoms with E-state index in [4.69, 9.17) is 4.74 Å². The number of benzene rings is 1. The highest BCUT2D eigenvalue weighted by Crippen LogP contribution is 2.23. The molecule has 7 nitrogen and oxygen atoms in total. The van der Waals surface area contributed by atoms with E-state index in [0.717, 1.165) is 38.9 Å². The Kier molecular flexibility index (Phi) is 6.02. The normalized spacial score (nSPS) is 19.1. The Balaban J connectivity index is 1.30. The first-order valence-corrected chi connectivity index (χ1v) is 10.3. The third-order valence-corrected chi connectivity index (χ3v) is 5.80. The van der Waals surface area contributed by atoms with Crippen LogP contribution in [-0.4, -0.2) is 70.1 Å². The molecule has 0 spiro atoms. The highest BCUT2D eigenvalue weighted by Gasteiger charge is 2.25. The summed E-state index contributed by atoms with van der Waals surface area (Å²) < 4.78 is 7.20. The quantitative estimate of drug-likeness (QED) is 0.792. The van der Waals surface area contributed by atoms with E-state index < -0.39 is 0 Å². The molecule has 2 fully saturated rings. The number of nitrogens with zero attached hydrogens (tertiary/aromatic N) is 5. The standard InChI is InChI=1S/C21H29N5O2/c1-2-17-3-5-18(6-4-17)15-24-9-7-19(8-10-24)26-16-20(22-23-26)21(27)25-11-13-28-14-12-25/h3-6,16,19H,2,7-15H2,1H3. The molecule has 2 aromatic rings. The monoisotopic (exact) mass is 383 g/mol. The van der Waals surface area contributed by atoms with Crippen molar-refractivity contribution in [2.24, 2.45) is 0 Å². The van der Waals surface area contributed by atoms with Crippen molar-refractivity contribution < 1.29 is 9.53 Å². The van der Waals surface area contributed by atoms with Gasteiger partial charge in [0.2, 0.25) is 0 Å². The molecule has 7 heteroatoms. The van der Waals surface area contributed by atoms with Crippen molar-refractivity contribution in [3.05, 3.63) is 47.3 Å². The lowest BCUT2D eigenvalue weighted by Crippen LogP contribution is -2.40. The van der Waals surface area contributed by atoms with Crippen molar-refractivity contribution in [3.8, 4) is 0 Å². The fourth-order valence-corrected chi connectivity index (χ4v) is 3.96. The van der Waals surface area contributed by atoms with Crippen molar-refractivity contribution in [1.29, 1.82) is 0 Å². The summed E-state index contributed by atoms with van der Waals surface area (Å²) in [6.07, 6.45) is 4.96. The Labute approximate surface area is 166 Å². The molecule has 1 amide bonds. The second kappa shape index (κ2) is 8.84. The minimum absolute atomic E-state index is 0.0393.